The van der Waals surface area contributed by atoms with Gasteiger partial charge >= 0.3 is 0 Å². The minimum atomic E-state index is -2.79. The Morgan fingerprint density at radius 1 is 1.40 bits per heavy atom. The van der Waals surface area contributed by atoms with Gasteiger partial charge in [-0.2, -0.15) is 0 Å². The predicted octanol–water partition coefficient (Wildman–Crippen LogP) is 1.73. The number of nitrogens with one attached hydrogen (secondary N) is 1. The molecule has 0 aromatic heterocycles. The van der Waals surface area contributed by atoms with Crippen molar-refractivity contribution in [2.75, 3.05) is 11.5 Å². The smallest absolute Gasteiger partial charge is 0.152 e. The summed E-state index contributed by atoms with van der Waals surface area (Å²) in [6.45, 7) is 6.36. The molecule has 0 spiro atoms. The van der Waals surface area contributed by atoms with E-state index in [9.17, 15) is 8.42 Å². The third-order valence-corrected chi connectivity index (χ3v) is 5.09. The van der Waals surface area contributed by atoms with Gasteiger partial charge in [-0.05, 0) is 26.2 Å². The van der Waals surface area contributed by atoms with Crippen LogP contribution in [0.25, 0.3) is 0 Å². The van der Waals surface area contributed by atoms with E-state index in [1.165, 1.54) is 0 Å². The largest absolute Gasteiger partial charge is 0.308 e. The van der Waals surface area contributed by atoms with Crippen molar-refractivity contribution >= 4 is 9.84 Å². The summed E-state index contributed by atoms with van der Waals surface area (Å²) in [6, 6.07) is 0.466. The van der Waals surface area contributed by atoms with Crippen molar-refractivity contribution in [2.24, 2.45) is 0 Å². The molecule has 1 saturated heterocycles. The van der Waals surface area contributed by atoms with Crippen LogP contribution in [0.15, 0.2) is 0 Å². The molecular weight excluding hydrogens is 210 g/mol. The molecule has 0 radical (unpaired) electrons. The fourth-order valence-corrected chi connectivity index (χ4v) is 4.45. The number of sulfone groups is 1. The van der Waals surface area contributed by atoms with E-state index in [1.54, 1.807) is 0 Å². The lowest BCUT2D eigenvalue weighted by Crippen LogP contribution is -2.48. The maximum atomic E-state index is 11.4. The standard InChI is InChI=1S/C11H23NO2S/c1-4-6-10(5-2)12-11(3)7-8-15(13,14)9-11/h10,12H,4-9H2,1-3H3. The van der Waals surface area contributed by atoms with Crippen LogP contribution in [-0.4, -0.2) is 31.5 Å². The predicted molar refractivity (Wildman–Crippen MR) is 63.8 cm³/mol. The second kappa shape index (κ2) is 4.83. The van der Waals surface area contributed by atoms with Gasteiger partial charge in [0.2, 0.25) is 0 Å². The number of hydrogen-bond donors (Lipinski definition) is 1. The molecule has 0 aromatic rings. The second-order valence-electron chi connectivity index (χ2n) is 4.94. The summed E-state index contributed by atoms with van der Waals surface area (Å²) in [6.07, 6.45) is 4.11. The molecule has 1 rings (SSSR count). The number of rotatable bonds is 5. The normalized spacial score (nSPS) is 31.7. The second-order valence-corrected chi connectivity index (χ2v) is 7.12. The zero-order valence-electron chi connectivity index (χ0n) is 10.0. The zero-order valence-corrected chi connectivity index (χ0v) is 10.9. The van der Waals surface area contributed by atoms with Crippen molar-refractivity contribution in [3.63, 3.8) is 0 Å². The first-order valence-electron chi connectivity index (χ1n) is 5.89. The van der Waals surface area contributed by atoms with Crippen LogP contribution in [-0.2, 0) is 9.84 Å². The van der Waals surface area contributed by atoms with Crippen LogP contribution >= 0.6 is 0 Å². The molecule has 1 aliphatic rings. The maximum absolute atomic E-state index is 11.4. The average Bonchev–Trinajstić information content (AvgIpc) is 2.40. The van der Waals surface area contributed by atoms with Gasteiger partial charge in [0.05, 0.1) is 11.5 Å². The summed E-state index contributed by atoms with van der Waals surface area (Å²) in [5.41, 5.74) is -0.186. The van der Waals surface area contributed by atoms with Gasteiger partial charge in [0.1, 0.15) is 0 Å². The van der Waals surface area contributed by atoms with Gasteiger partial charge in [-0.15, -0.1) is 0 Å². The lowest BCUT2D eigenvalue weighted by molar-refractivity contribution is 0.320. The Labute approximate surface area is 93.6 Å². The van der Waals surface area contributed by atoms with Gasteiger partial charge in [0, 0.05) is 11.6 Å². The lowest BCUT2D eigenvalue weighted by atomic mass is 9.98. The van der Waals surface area contributed by atoms with Gasteiger partial charge in [-0.1, -0.05) is 20.3 Å². The minimum absolute atomic E-state index is 0.186. The molecule has 3 nitrogen and oxygen atoms in total. The average molecular weight is 233 g/mol. The highest BCUT2D eigenvalue weighted by Gasteiger charge is 2.38. The van der Waals surface area contributed by atoms with Gasteiger partial charge in [-0.25, -0.2) is 8.42 Å². The Morgan fingerprint density at radius 2 is 2.07 bits per heavy atom. The first kappa shape index (κ1) is 13.0. The van der Waals surface area contributed by atoms with Crippen LogP contribution in [0.2, 0.25) is 0 Å². The van der Waals surface area contributed by atoms with Crippen LogP contribution in [0.4, 0.5) is 0 Å². The van der Waals surface area contributed by atoms with Crippen molar-refractivity contribution in [2.45, 2.75) is 58.0 Å². The summed E-state index contributed by atoms with van der Waals surface area (Å²) in [5.74, 6) is 0.652. The van der Waals surface area contributed by atoms with Crippen LogP contribution in [0.5, 0.6) is 0 Å². The number of hydrogen-bond acceptors (Lipinski definition) is 3. The summed E-state index contributed by atoms with van der Waals surface area (Å²) in [7, 11) is -2.79. The van der Waals surface area contributed by atoms with E-state index in [1.807, 2.05) is 6.92 Å². The Bertz CT molecular complexity index is 300. The first-order chi connectivity index (χ1) is 6.91. The Hall–Kier alpha value is -0.0900. The fraction of sp³-hybridized carbons (Fsp3) is 1.00. The molecule has 4 heteroatoms. The van der Waals surface area contributed by atoms with E-state index >= 15 is 0 Å². The van der Waals surface area contributed by atoms with Crippen molar-refractivity contribution in [3.05, 3.63) is 0 Å². The third kappa shape index (κ3) is 3.76. The zero-order chi connectivity index (χ0) is 11.5. The Morgan fingerprint density at radius 3 is 2.47 bits per heavy atom. The molecule has 0 saturated carbocycles. The van der Waals surface area contributed by atoms with Crippen LogP contribution in [0.3, 0.4) is 0 Å². The SMILES string of the molecule is CCCC(CC)NC1(C)CCS(=O)(=O)C1. The van der Waals surface area contributed by atoms with E-state index < -0.39 is 9.84 Å². The Balaban J connectivity index is 2.57. The van der Waals surface area contributed by atoms with E-state index in [2.05, 4.69) is 19.2 Å². The molecule has 2 atom stereocenters. The highest BCUT2D eigenvalue weighted by molar-refractivity contribution is 7.91. The molecule has 0 aromatic carbocycles. The molecule has 1 heterocycles. The topological polar surface area (TPSA) is 46.2 Å². The molecular formula is C11H23NO2S. The lowest BCUT2D eigenvalue weighted by Gasteiger charge is -2.30. The quantitative estimate of drug-likeness (QED) is 0.786. The van der Waals surface area contributed by atoms with Crippen LogP contribution in [0.1, 0.15) is 46.5 Å². The Kier molecular flexibility index (Phi) is 4.18. The van der Waals surface area contributed by atoms with Gasteiger partial charge in [-0.3, -0.25) is 0 Å². The molecule has 0 aliphatic carbocycles. The van der Waals surface area contributed by atoms with Gasteiger partial charge < -0.3 is 5.32 Å². The van der Waals surface area contributed by atoms with Crippen molar-refractivity contribution in [1.29, 1.82) is 0 Å². The molecule has 2 unspecified atom stereocenters. The molecule has 90 valence electrons. The van der Waals surface area contributed by atoms with E-state index in [-0.39, 0.29) is 5.54 Å². The molecule has 15 heavy (non-hydrogen) atoms. The summed E-state index contributed by atoms with van der Waals surface area (Å²) in [4.78, 5) is 0. The van der Waals surface area contributed by atoms with E-state index in [0.29, 0.717) is 17.5 Å². The first-order valence-corrected chi connectivity index (χ1v) is 7.71. The molecule has 1 aliphatic heterocycles. The molecule has 0 amide bonds. The molecule has 0 bridgehead atoms. The summed E-state index contributed by atoms with van der Waals surface area (Å²) >= 11 is 0. The third-order valence-electron chi connectivity index (χ3n) is 3.19. The highest BCUT2D eigenvalue weighted by atomic mass is 32.2. The van der Waals surface area contributed by atoms with Crippen molar-refractivity contribution < 1.29 is 8.42 Å². The maximum Gasteiger partial charge on any atom is 0.152 e. The van der Waals surface area contributed by atoms with E-state index in [0.717, 1.165) is 25.7 Å². The fourth-order valence-electron chi connectivity index (χ4n) is 2.34. The molecule has 1 N–H and O–H groups in total. The summed E-state index contributed by atoms with van der Waals surface area (Å²) < 4.78 is 22.9. The summed E-state index contributed by atoms with van der Waals surface area (Å²) in [5, 5.41) is 3.52. The van der Waals surface area contributed by atoms with Gasteiger partial charge in [0.25, 0.3) is 0 Å². The van der Waals surface area contributed by atoms with Crippen LogP contribution < -0.4 is 5.32 Å². The van der Waals surface area contributed by atoms with Crippen molar-refractivity contribution in [3.8, 4) is 0 Å². The highest BCUT2D eigenvalue weighted by Crippen LogP contribution is 2.24. The van der Waals surface area contributed by atoms with Crippen LogP contribution in [0, 0.1) is 0 Å². The van der Waals surface area contributed by atoms with Crippen molar-refractivity contribution in [1.82, 2.24) is 5.32 Å². The molecule has 1 fully saturated rings. The van der Waals surface area contributed by atoms with E-state index in [4.69, 9.17) is 0 Å². The monoisotopic (exact) mass is 233 g/mol. The minimum Gasteiger partial charge on any atom is -0.308 e. The van der Waals surface area contributed by atoms with Gasteiger partial charge in [0.15, 0.2) is 9.84 Å².